The Bertz CT molecular complexity index is 219. The molecule has 2 heteroatoms. The van der Waals surface area contributed by atoms with E-state index in [0.29, 0.717) is 0 Å². The summed E-state index contributed by atoms with van der Waals surface area (Å²) in [6.07, 6.45) is 8.15. The maximum atomic E-state index is 10.8. The van der Waals surface area contributed by atoms with Crippen molar-refractivity contribution in [1.29, 1.82) is 0 Å². The molecule has 1 aliphatic carbocycles. The van der Waals surface area contributed by atoms with Crippen molar-refractivity contribution in [3.05, 3.63) is 28.9 Å². The van der Waals surface area contributed by atoms with E-state index in [9.17, 15) is 4.21 Å². The van der Waals surface area contributed by atoms with Gasteiger partial charge in [0.05, 0.1) is 15.7 Å². The van der Waals surface area contributed by atoms with Gasteiger partial charge in [-0.25, -0.2) is 0 Å². The van der Waals surface area contributed by atoms with Gasteiger partial charge in [0, 0.05) is 12.7 Å². The van der Waals surface area contributed by atoms with Gasteiger partial charge in [-0.1, -0.05) is 12.2 Å². The molecule has 0 saturated heterocycles. The summed E-state index contributed by atoms with van der Waals surface area (Å²) < 4.78 is 10.8. The zero-order valence-electron chi connectivity index (χ0n) is 5.26. The molecule has 1 rings (SSSR count). The normalized spacial score (nSPS) is 19.4. The SMILES string of the molecule is CS(=O)C1=C=CC=CC1. The van der Waals surface area contributed by atoms with Crippen LogP contribution in [0.2, 0.25) is 0 Å². The summed E-state index contributed by atoms with van der Waals surface area (Å²) in [5, 5.41) is 0. The predicted molar refractivity (Wildman–Crippen MR) is 39.4 cm³/mol. The second-order valence-electron chi connectivity index (χ2n) is 1.82. The van der Waals surface area contributed by atoms with Crippen LogP contribution in [0.1, 0.15) is 6.42 Å². The van der Waals surface area contributed by atoms with Gasteiger partial charge in [-0.3, -0.25) is 4.21 Å². The maximum absolute atomic E-state index is 10.8. The third-order valence-corrected chi connectivity index (χ3v) is 2.11. The van der Waals surface area contributed by atoms with Crippen molar-refractivity contribution in [2.45, 2.75) is 6.42 Å². The fraction of sp³-hybridized carbons (Fsp3) is 0.286. The highest BCUT2D eigenvalue weighted by Gasteiger charge is 1.98. The Morgan fingerprint density at radius 1 is 1.78 bits per heavy atom. The van der Waals surface area contributed by atoms with Crippen LogP contribution in [0.25, 0.3) is 0 Å². The molecule has 0 aromatic carbocycles. The van der Waals surface area contributed by atoms with Crippen molar-refractivity contribution in [2.24, 2.45) is 0 Å². The molecule has 0 aromatic rings. The van der Waals surface area contributed by atoms with E-state index in [1.807, 2.05) is 12.2 Å². The lowest BCUT2D eigenvalue weighted by molar-refractivity contribution is 0.689. The molecule has 0 N–H and O–H groups in total. The third-order valence-electron chi connectivity index (χ3n) is 1.13. The Morgan fingerprint density at radius 3 is 2.89 bits per heavy atom. The van der Waals surface area contributed by atoms with Crippen molar-refractivity contribution in [1.82, 2.24) is 0 Å². The Labute approximate surface area is 57.2 Å². The maximum Gasteiger partial charge on any atom is 0.0615 e. The lowest BCUT2D eigenvalue weighted by atomic mass is 10.3. The largest absolute Gasteiger partial charge is 0.254 e. The topological polar surface area (TPSA) is 17.1 Å². The van der Waals surface area contributed by atoms with Gasteiger partial charge in [0.2, 0.25) is 0 Å². The fourth-order valence-electron chi connectivity index (χ4n) is 0.643. The molecule has 0 bridgehead atoms. The summed E-state index contributed by atoms with van der Waals surface area (Å²) in [6.45, 7) is 0. The highest BCUT2D eigenvalue weighted by Crippen LogP contribution is 2.07. The molecular weight excluding hydrogens is 132 g/mol. The number of hydrogen-bond donors (Lipinski definition) is 0. The summed E-state index contributed by atoms with van der Waals surface area (Å²) in [5.74, 6) is 0. The van der Waals surface area contributed by atoms with Gasteiger partial charge in [-0.2, -0.15) is 0 Å². The van der Waals surface area contributed by atoms with Crippen LogP contribution >= 0.6 is 0 Å². The molecular formula is C7H8OS. The van der Waals surface area contributed by atoms with Crippen LogP contribution < -0.4 is 0 Å². The Balaban J connectivity index is 2.85. The van der Waals surface area contributed by atoms with Gasteiger partial charge in [-0.15, -0.1) is 5.73 Å². The molecule has 0 aliphatic heterocycles. The Morgan fingerprint density at radius 2 is 2.56 bits per heavy atom. The second kappa shape index (κ2) is 2.81. The van der Waals surface area contributed by atoms with Crippen molar-refractivity contribution < 1.29 is 4.21 Å². The van der Waals surface area contributed by atoms with E-state index in [1.165, 1.54) is 0 Å². The smallest absolute Gasteiger partial charge is 0.0615 e. The molecule has 1 aliphatic rings. The monoisotopic (exact) mass is 140 g/mol. The highest BCUT2D eigenvalue weighted by molar-refractivity contribution is 7.88. The Hall–Kier alpha value is -0.590. The standard InChI is InChI=1S/C7H8OS/c1-9(8)7-5-3-2-4-6-7/h2-4H,5H2,1H3. The molecule has 0 amide bonds. The predicted octanol–water partition coefficient (Wildman–Crippen LogP) is 1.36. The van der Waals surface area contributed by atoms with E-state index in [1.54, 1.807) is 12.3 Å². The molecule has 0 saturated carbocycles. The molecule has 9 heavy (non-hydrogen) atoms. The molecule has 1 atom stereocenters. The van der Waals surface area contributed by atoms with Gasteiger partial charge < -0.3 is 0 Å². The lowest BCUT2D eigenvalue weighted by Gasteiger charge is -1.96. The fourth-order valence-corrected chi connectivity index (χ4v) is 1.21. The summed E-state index contributed by atoms with van der Waals surface area (Å²) >= 11 is 0. The minimum atomic E-state index is -0.829. The van der Waals surface area contributed by atoms with Gasteiger partial charge in [0.25, 0.3) is 0 Å². The minimum absolute atomic E-state index is 0.791. The van der Waals surface area contributed by atoms with Gasteiger partial charge in [0.1, 0.15) is 0 Å². The first kappa shape index (κ1) is 6.53. The minimum Gasteiger partial charge on any atom is -0.254 e. The number of allylic oxidation sites excluding steroid dienone is 3. The van der Waals surface area contributed by atoms with Gasteiger partial charge in [-0.05, 0) is 6.08 Å². The Kier molecular flexibility index (Phi) is 2.04. The molecule has 0 radical (unpaired) electrons. The van der Waals surface area contributed by atoms with E-state index >= 15 is 0 Å². The number of hydrogen-bond acceptors (Lipinski definition) is 1. The average molecular weight is 140 g/mol. The first-order chi connectivity index (χ1) is 4.30. The summed E-state index contributed by atoms with van der Waals surface area (Å²) in [5.41, 5.74) is 2.92. The van der Waals surface area contributed by atoms with Crippen LogP contribution in [0.3, 0.4) is 0 Å². The van der Waals surface area contributed by atoms with Crippen molar-refractivity contribution in [2.75, 3.05) is 6.26 Å². The van der Waals surface area contributed by atoms with Crippen LogP contribution in [0, 0.1) is 0 Å². The molecule has 0 heterocycles. The van der Waals surface area contributed by atoms with E-state index in [2.05, 4.69) is 5.73 Å². The van der Waals surface area contributed by atoms with Crippen LogP contribution in [-0.2, 0) is 10.8 Å². The summed E-state index contributed by atoms with van der Waals surface area (Å²) in [6, 6.07) is 0. The average Bonchev–Trinajstić information content (AvgIpc) is 1.90. The molecule has 0 spiro atoms. The zero-order valence-corrected chi connectivity index (χ0v) is 6.07. The van der Waals surface area contributed by atoms with E-state index in [0.717, 1.165) is 11.3 Å². The molecule has 1 unspecified atom stereocenters. The second-order valence-corrected chi connectivity index (χ2v) is 3.22. The quantitative estimate of drug-likeness (QED) is 0.503. The molecule has 48 valence electrons. The summed E-state index contributed by atoms with van der Waals surface area (Å²) in [4.78, 5) is 0.887. The van der Waals surface area contributed by atoms with E-state index < -0.39 is 10.8 Å². The van der Waals surface area contributed by atoms with Crippen LogP contribution in [-0.4, -0.2) is 10.5 Å². The van der Waals surface area contributed by atoms with Crippen molar-refractivity contribution >= 4 is 10.8 Å². The molecule has 0 fully saturated rings. The zero-order chi connectivity index (χ0) is 6.69. The number of rotatable bonds is 1. The van der Waals surface area contributed by atoms with Crippen LogP contribution in [0.15, 0.2) is 28.9 Å². The van der Waals surface area contributed by atoms with E-state index in [4.69, 9.17) is 0 Å². The van der Waals surface area contributed by atoms with Crippen LogP contribution in [0.5, 0.6) is 0 Å². The first-order valence-corrected chi connectivity index (χ1v) is 4.30. The van der Waals surface area contributed by atoms with Crippen molar-refractivity contribution in [3.8, 4) is 0 Å². The van der Waals surface area contributed by atoms with E-state index in [-0.39, 0.29) is 0 Å². The third kappa shape index (κ3) is 1.67. The van der Waals surface area contributed by atoms with Gasteiger partial charge >= 0.3 is 0 Å². The summed E-state index contributed by atoms with van der Waals surface area (Å²) in [7, 11) is -0.829. The van der Waals surface area contributed by atoms with Crippen molar-refractivity contribution in [3.63, 3.8) is 0 Å². The molecule has 1 nitrogen and oxygen atoms in total. The molecule has 0 aromatic heterocycles. The lowest BCUT2D eigenvalue weighted by Crippen LogP contribution is -1.89. The van der Waals surface area contributed by atoms with Crippen LogP contribution in [0.4, 0.5) is 0 Å². The van der Waals surface area contributed by atoms with Gasteiger partial charge in [0.15, 0.2) is 0 Å². The first-order valence-electron chi connectivity index (χ1n) is 2.75. The highest BCUT2D eigenvalue weighted by atomic mass is 32.2.